The van der Waals surface area contributed by atoms with Crippen LogP contribution < -0.4 is 10.5 Å². The molecule has 1 fully saturated rings. The first-order chi connectivity index (χ1) is 8.11. The topological polar surface area (TPSA) is 55.6 Å². The molecule has 1 aliphatic rings. The molecular formula is C12H15FN2O2. The zero-order chi connectivity index (χ0) is 12.4. The molecular weight excluding hydrogens is 223 g/mol. The van der Waals surface area contributed by atoms with Gasteiger partial charge in [-0.05, 0) is 24.6 Å². The van der Waals surface area contributed by atoms with Crippen LogP contribution in [-0.2, 0) is 0 Å². The third-order valence-corrected chi connectivity index (χ3v) is 2.91. The predicted octanol–water partition coefficient (Wildman–Crippen LogP) is 1.01. The molecule has 0 radical (unpaired) electrons. The third-order valence-electron chi connectivity index (χ3n) is 2.91. The lowest BCUT2D eigenvalue weighted by atomic mass is 10.2. The van der Waals surface area contributed by atoms with Crippen molar-refractivity contribution in [3.8, 4) is 5.75 Å². The van der Waals surface area contributed by atoms with Gasteiger partial charge in [0.2, 0.25) is 0 Å². The molecule has 0 saturated carbocycles. The molecule has 1 aromatic carbocycles. The summed E-state index contributed by atoms with van der Waals surface area (Å²) in [7, 11) is 1.37. The van der Waals surface area contributed by atoms with Gasteiger partial charge in [0.05, 0.1) is 7.11 Å². The number of nitrogens with zero attached hydrogens (tertiary/aromatic N) is 1. The van der Waals surface area contributed by atoms with E-state index >= 15 is 0 Å². The average molecular weight is 238 g/mol. The number of ether oxygens (including phenoxy) is 1. The third kappa shape index (κ3) is 2.39. The Labute approximate surface area is 99.2 Å². The highest BCUT2D eigenvalue weighted by Gasteiger charge is 2.25. The highest BCUT2D eigenvalue weighted by atomic mass is 19.1. The molecule has 1 atom stereocenters. The molecule has 4 nitrogen and oxygen atoms in total. The molecule has 2 rings (SSSR count). The van der Waals surface area contributed by atoms with Crippen LogP contribution in [0.4, 0.5) is 4.39 Å². The van der Waals surface area contributed by atoms with Crippen molar-refractivity contribution in [2.24, 2.45) is 5.73 Å². The van der Waals surface area contributed by atoms with Crippen LogP contribution >= 0.6 is 0 Å². The summed E-state index contributed by atoms with van der Waals surface area (Å²) >= 11 is 0. The summed E-state index contributed by atoms with van der Waals surface area (Å²) < 4.78 is 18.1. The number of hydrogen-bond donors (Lipinski definition) is 1. The second kappa shape index (κ2) is 4.71. The van der Waals surface area contributed by atoms with Gasteiger partial charge in [0, 0.05) is 24.7 Å². The summed E-state index contributed by atoms with van der Waals surface area (Å²) in [5, 5.41) is 0. The number of hydrogen-bond acceptors (Lipinski definition) is 3. The zero-order valence-electron chi connectivity index (χ0n) is 9.65. The smallest absolute Gasteiger partial charge is 0.254 e. The Morgan fingerprint density at radius 1 is 1.59 bits per heavy atom. The second-order valence-corrected chi connectivity index (χ2v) is 4.15. The lowest BCUT2D eigenvalue weighted by molar-refractivity contribution is 0.0790. The highest BCUT2D eigenvalue weighted by Crippen LogP contribution is 2.20. The number of amides is 1. The minimum Gasteiger partial charge on any atom is -0.494 e. The number of halogens is 1. The molecule has 5 heteroatoms. The van der Waals surface area contributed by atoms with E-state index in [0.29, 0.717) is 18.7 Å². The maximum absolute atomic E-state index is 13.2. The molecule has 17 heavy (non-hydrogen) atoms. The minimum atomic E-state index is -0.470. The number of benzene rings is 1. The summed E-state index contributed by atoms with van der Waals surface area (Å²) in [5.41, 5.74) is 6.17. The molecule has 1 aromatic rings. The van der Waals surface area contributed by atoms with Crippen molar-refractivity contribution >= 4 is 5.91 Å². The summed E-state index contributed by atoms with van der Waals surface area (Å²) in [6, 6.07) is 4.16. The van der Waals surface area contributed by atoms with Gasteiger partial charge < -0.3 is 15.4 Å². The fourth-order valence-corrected chi connectivity index (χ4v) is 1.95. The number of rotatable bonds is 2. The first-order valence-electron chi connectivity index (χ1n) is 5.50. The van der Waals surface area contributed by atoms with Crippen molar-refractivity contribution < 1.29 is 13.9 Å². The van der Waals surface area contributed by atoms with Crippen LogP contribution in [0.15, 0.2) is 18.2 Å². The SMILES string of the molecule is COc1cc(C(=O)N2CC[C@H](N)C2)ccc1F. The predicted molar refractivity (Wildman–Crippen MR) is 61.4 cm³/mol. The Balaban J connectivity index is 2.19. The Morgan fingerprint density at radius 2 is 2.35 bits per heavy atom. The van der Waals surface area contributed by atoms with E-state index in [1.54, 1.807) is 4.90 Å². The van der Waals surface area contributed by atoms with Crippen molar-refractivity contribution in [3.05, 3.63) is 29.6 Å². The highest BCUT2D eigenvalue weighted by molar-refractivity contribution is 5.94. The molecule has 1 heterocycles. The van der Waals surface area contributed by atoms with Crippen molar-refractivity contribution in [1.82, 2.24) is 4.90 Å². The van der Waals surface area contributed by atoms with E-state index in [9.17, 15) is 9.18 Å². The first kappa shape index (κ1) is 11.9. The van der Waals surface area contributed by atoms with Crippen molar-refractivity contribution in [1.29, 1.82) is 0 Å². The number of carbonyl (C=O) groups is 1. The first-order valence-corrected chi connectivity index (χ1v) is 5.50. The van der Waals surface area contributed by atoms with Gasteiger partial charge in [-0.1, -0.05) is 0 Å². The van der Waals surface area contributed by atoms with E-state index < -0.39 is 5.82 Å². The van der Waals surface area contributed by atoms with E-state index in [4.69, 9.17) is 10.5 Å². The number of likely N-dealkylation sites (tertiary alicyclic amines) is 1. The Morgan fingerprint density at radius 3 is 2.94 bits per heavy atom. The van der Waals surface area contributed by atoms with E-state index in [2.05, 4.69) is 0 Å². The van der Waals surface area contributed by atoms with Gasteiger partial charge in [0.25, 0.3) is 5.91 Å². The Hall–Kier alpha value is -1.62. The number of carbonyl (C=O) groups excluding carboxylic acids is 1. The van der Waals surface area contributed by atoms with Crippen LogP contribution in [0.2, 0.25) is 0 Å². The van der Waals surface area contributed by atoms with Crippen molar-refractivity contribution in [2.45, 2.75) is 12.5 Å². The van der Waals surface area contributed by atoms with Gasteiger partial charge in [-0.15, -0.1) is 0 Å². The number of methoxy groups -OCH3 is 1. The van der Waals surface area contributed by atoms with E-state index in [1.807, 2.05) is 0 Å². The molecule has 0 bridgehead atoms. The van der Waals surface area contributed by atoms with Gasteiger partial charge in [-0.25, -0.2) is 4.39 Å². The van der Waals surface area contributed by atoms with Gasteiger partial charge in [-0.3, -0.25) is 4.79 Å². The summed E-state index contributed by atoms with van der Waals surface area (Å²) in [6.07, 6.45) is 0.810. The lowest BCUT2D eigenvalue weighted by Gasteiger charge is -2.16. The Kier molecular flexibility index (Phi) is 3.28. The van der Waals surface area contributed by atoms with Crippen LogP contribution in [0, 0.1) is 5.82 Å². The Bertz CT molecular complexity index is 437. The molecule has 0 aromatic heterocycles. The second-order valence-electron chi connectivity index (χ2n) is 4.15. The van der Waals surface area contributed by atoms with Crippen LogP contribution in [0.3, 0.4) is 0 Å². The number of nitrogens with two attached hydrogens (primary N) is 1. The average Bonchev–Trinajstić information content (AvgIpc) is 2.75. The normalized spacial score (nSPS) is 19.5. The van der Waals surface area contributed by atoms with Crippen LogP contribution in [-0.4, -0.2) is 37.0 Å². The molecule has 0 aliphatic carbocycles. The van der Waals surface area contributed by atoms with Gasteiger partial charge >= 0.3 is 0 Å². The van der Waals surface area contributed by atoms with Crippen LogP contribution in [0.5, 0.6) is 5.75 Å². The standard InChI is InChI=1S/C12H15FN2O2/c1-17-11-6-8(2-3-10(11)13)12(16)15-5-4-9(14)7-15/h2-3,6,9H,4-5,7,14H2,1H3/t9-/m0/s1. The van der Waals surface area contributed by atoms with E-state index in [0.717, 1.165) is 6.42 Å². The fraction of sp³-hybridized carbons (Fsp3) is 0.417. The van der Waals surface area contributed by atoms with E-state index in [-0.39, 0.29) is 17.7 Å². The van der Waals surface area contributed by atoms with Gasteiger partial charge in [0.15, 0.2) is 11.6 Å². The molecule has 2 N–H and O–H groups in total. The van der Waals surface area contributed by atoms with E-state index in [1.165, 1.54) is 25.3 Å². The summed E-state index contributed by atoms with van der Waals surface area (Å²) in [5.74, 6) is -0.516. The van der Waals surface area contributed by atoms with Crippen LogP contribution in [0.1, 0.15) is 16.8 Å². The maximum atomic E-state index is 13.2. The molecule has 1 aliphatic heterocycles. The van der Waals surface area contributed by atoms with Crippen LogP contribution in [0.25, 0.3) is 0 Å². The lowest BCUT2D eigenvalue weighted by Crippen LogP contribution is -2.31. The monoisotopic (exact) mass is 238 g/mol. The molecule has 92 valence electrons. The fourth-order valence-electron chi connectivity index (χ4n) is 1.95. The maximum Gasteiger partial charge on any atom is 0.254 e. The zero-order valence-corrected chi connectivity index (χ0v) is 9.65. The minimum absolute atomic E-state index is 0.0429. The molecule has 0 unspecified atom stereocenters. The molecule has 1 amide bonds. The molecule has 1 saturated heterocycles. The van der Waals surface area contributed by atoms with Gasteiger partial charge in [0.1, 0.15) is 0 Å². The van der Waals surface area contributed by atoms with Crippen molar-refractivity contribution in [3.63, 3.8) is 0 Å². The summed E-state index contributed by atoms with van der Waals surface area (Å²) in [6.45, 7) is 1.21. The largest absolute Gasteiger partial charge is 0.494 e. The molecule has 0 spiro atoms. The van der Waals surface area contributed by atoms with Crippen molar-refractivity contribution in [2.75, 3.05) is 20.2 Å². The quantitative estimate of drug-likeness (QED) is 0.836. The summed E-state index contributed by atoms with van der Waals surface area (Å²) in [4.78, 5) is 13.7. The van der Waals surface area contributed by atoms with Gasteiger partial charge in [-0.2, -0.15) is 0 Å².